The van der Waals surface area contributed by atoms with Crippen LogP contribution in [0, 0.1) is 0 Å². The van der Waals surface area contributed by atoms with Crippen molar-refractivity contribution < 1.29 is 9.59 Å². The summed E-state index contributed by atoms with van der Waals surface area (Å²) in [6.07, 6.45) is 3.22. The molecular formula is C21H21N7O2. The number of nitrogens with one attached hydrogen (secondary N) is 4. The first kappa shape index (κ1) is 19.3. The van der Waals surface area contributed by atoms with Crippen molar-refractivity contribution in [3.05, 3.63) is 65.6 Å². The van der Waals surface area contributed by atoms with Crippen molar-refractivity contribution in [2.75, 3.05) is 0 Å². The fourth-order valence-corrected chi connectivity index (χ4v) is 3.02. The lowest BCUT2D eigenvalue weighted by molar-refractivity contribution is 0.0938. The number of pyridine rings is 1. The molecule has 0 bridgehead atoms. The van der Waals surface area contributed by atoms with Gasteiger partial charge in [0.2, 0.25) is 0 Å². The van der Waals surface area contributed by atoms with Crippen molar-refractivity contribution in [3.63, 3.8) is 0 Å². The molecule has 0 spiro atoms. The van der Waals surface area contributed by atoms with E-state index in [9.17, 15) is 9.59 Å². The Hall–Kier alpha value is -4.01. The third-order valence-electron chi connectivity index (χ3n) is 4.43. The summed E-state index contributed by atoms with van der Waals surface area (Å²) in [7, 11) is 0. The number of hydrogen-bond donors (Lipinski definition) is 4. The predicted octanol–water partition coefficient (Wildman–Crippen LogP) is 2.42. The summed E-state index contributed by atoms with van der Waals surface area (Å²) in [4.78, 5) is 36.8. The number of nitrogens with zero attached hydrogens (tertiary/aromatic N) is 3. The number of fused-ring (bicyclic) bond motifs is 1. The first-order valence-corrected chi connectivity index (χ1v) is 9.54. The molecule has 0 fully saturated rings. The van der Waals surface area contributed by atoms with E-state index in [1.54, 1.807) is 24.4 Å². The minimum atomic E-state index is -0.233. The van der Waals surface area contributed by atoms with E-state index in [0.717, 1.165) is 11.2 Å². The van der Waals surface area contributed by atoms with Gasteiger partial charge in [-0.1, -0.05) is 6.07 Å². The summed E-state index contributed by atoms with van der Waals surface area (Å²) in [5, 5.41) is 12.6. The molecule has 0 aliphatic heterocycles. The van der Waals surface area contributed by atoms with Gasteiger partial charge in [-0.25, -0.2) is 4.98 Å². The summed E-state index contributed by atoms with van der Waals surface area (Å²) >= 11 is 0. The van der Waals surface area contributed by atoms with Gasteiger partial charge in [0.15, 0.2) is 5.82 Å². The highest BCUT2D eigenvalue weighted by Crippen LogP contribution is 2.22. The van der Waals surface area contributed by atoms with E-state index in [2.05, 4.69) is 35.8 Å². The van der Waals surface area contributed by atoms with Crippen molar-refractivity contribution in [3.8, 4) is 11.5 Å². The number of hydrogen-bond acceptors (Lipinski definition) is 5. The summed E-state index contributed by atoms with van der Waals surface area (Å²) < 4.78 is 0. The van der Waals surface area contributed by atoms with E-state index in [0.29, 0.717) is 34.7 Å². The van der Waals surface area contributed by atoms with Gasteiger partial charge in [0.1, 0.15) is 5.69 Å². The molecule has 9 nitrogen and oxygen atoms in total. The molecule has 0 saturated heterocycles. The van der Waals surface area contributed by atoms with Crippen LogP contribution < -0.4 is 10.6 Å². The van der Waals surface area contributed by atoms with Crippen molar-refractivity contribution in [2.45, 2.75) is 26.4 Å². The Labute approximate surface area is 172 Å². The first-order chi connectivity index (χ1) is 14.5. The number of rotatable bonds is 6. The molecule has 1 aromatic carbocycles. The van der Waals surface area contributed by atoms with Gasteiger partial charge in [-0.3, -0.25) is 19.7 Å². The van der Waals surface area contributed by atoms with Crippen LogP contribution in [-0.4, -0.2) is 43.0 Å². The third-order valence-corrected chi connectivity index (χ3v) is 4.43. The molecule has 0 aliphatic carbocycles. The monoisotopic (exact) mass is 403 g/mol. The molecular weight excluding hydrogens is 382 g/mol. The van der Waals surface area contributed by atoms with Crippen molar-refractivity contribution in [2.24, 2.45) is 0 Å². The fourth-order valence-electron chi connectivity index (χ4n) is 3.02. The van der Waals surface area contributed by atoms with E-state index in [1.165, 1.54) is 6.20 Å². The van der Waals surface area contributed by atoms with Gasteiger partial charge in [-0.15, -0.1) is 0 Å². The van der Waals surface area contributed by atoms with E-state index in [1.807, 2.05) is 32.0 Å². The van der Waals surface area contributed by atoms with Crippen molar-refractivity contribution in [1.29, 1.82) is 0 Å². The molecule has 2 amide bonds. The number of carbonyl (C=O) groups excluding carboxylic acids is 2. The minimum absolute atomic E-state index is 0.00285. The van der Waals surface area contributed by atoms with Crippen LogP contribution >= 0.6 is 0 Å². The lowest BCUT2D eigenvalue weighted by Crippen LogP contribution is -2.30. The van der Waals surface area contributed by atoms with Crippen molar-refractivity contribution in [1.82, 2.24) is 35.8 Å². The maximum atomic E-state index is 12.5. The largest absolute Gasteiger partial charge is 0.350 e. The molecule has 0 aliphatic rings. The highest BCUT2D eigenvalue weighted by molar-refractivity contribution is 6.00. The SMILES string of the molecule is CC(C)NC(=O)c1c[nH]nc1-c1nc2cc(C(=O)NCc3ccccn3)ccc2[nH]1. The summed E-state index contributed by atoms with van der Waals surface area (Å²) in [5.74, 6) is -0.00105. The Morgan fingerprint density at radius 3 is 2.77 bits per heavy atom. The van der Waals surface area contributed by atoms with Gasteiger partial charge in [-0.2, -0.15) is 5.10 Å². The molecule has 0 radical (unpaired) electrons. The van der Waals surface area contributed by atoms with Crippen LogP contribution in [0.1, 0.15) is 40.3 Å². The van der Waals surface area contributed by atoms with E-state index in [4.69, 9.17) is 0 Å². The Kier molecular flexibility index (Phi) is 5.25. The van der Waals surface area contributed by atoms with Gasteiger partial charge < -0.3 is 15.6 Å². The number of aromatic nitrogens is 5. The number of aromatic amines is 2. The molecule has 30 heavy (non-hydrogen) atoms. The lowest BCUT2D eigenvalue weighted by Gasteiger charge is -2.07. The smallest absolute Gasteiger partial charge is 0.255 e. The molecule has 3 heterocycles. The second-order valence-electron chi connectivity index (χ2n) is 7.10. The molecule has 4 N–H and O–H groups in total. The Bertz CT molecular complexity index is 1190. The Morgan fingerprint density at radius 1 is 1.13 bits per heavy atom. The lowest BCUT2D eigenvalue weighted by atomic mass is 10.2. The van der Waals surface area contributed by atoms with Crippen LogP contribution in [0.15, 0.2) is 48.8 Å². The zero-order valence-electron chi connectivity index (χ0n) is 16.6. The molecule has 0 atom stereocenters. The Morgan fingerprint density at radius 2 is 2.00 bits per heavy atom. The molecule has 0 saturated carbocycles. The molecule has 9 heteroatoms. The zero-order chi connectivity index (χ0) is 21.1. The number of amides is 2. The molecule has 3 aromatic heterocycles. The number of H-pyrrole nitrogens is 2. The van der Waals surface area contributed by atoms with Crippen LogP contribution in [0.4, 0.5) is 0 Å². The van der Waals surface area contributed by atoms with Crippen LogP contribution in [0.2, 0.25) is 0 Å². The van der Waals surface area contributed by atoms with Crippen LogP contribution in [0.5, 0.6) is 0 Å². The van der Waals surface area contributed by atoms with Gasteiger partial charge >= 0.3 is 0 Å². The van der Waals surface area contributed by atoms with Gasteiger partial charge in [0.05, 0.1) is 28.8 Å². The van der Waals surface area contributed by atoms with Crippen LogP contribution in [-0.2, 0) is 6.54 Å². The first-order valence-electron chi connectivity index (χ1n) is 9.54. The highest BCUT2D eigenvalue weighted by Gasteiger charge is 2.19. The normalized spacial score (nSPS) is 11.0. The van der Waals surface area contributed by atoms with Gasteiger partial charge in [0, 0.05) is 24.0 Å². The maximum Gasteiger partial charge on any atom is 0.255 e. The Balaban J connectivity index is 1.55. The van der Waals surface area contributed by atoms with E-state index < -0.39 is 0 Å². The second kappa shape index (κ2) is 8.16. The number of imidazole rings is 1. The van der Waals surface area contributed by atoms with Crippen LogP contribution in [0.25, 0.3) is 22.6 Å². The zero-order valence-corrected chi connectivity index (χ0v) is 16.6. The third kappa shape index (κ3) is 4.04. The average molecular weight is 403 g/mol. The van der Waals surface area contributed by atoms with E-state index >= 15 is 0 Å². The molecule has 0 unspecified atom stereocenters. The highest BCUT2D eigenvalue weighted by atomic mass is 16.2. The number of carbonyl (C=O) groups is 2. The quantitative estimate of drug-likeness (QED) is 0.393. The average Bonchev–Trinajstić information content (AvgIpc) is 3.38. The summed E-state index contributed by atoms with van der Waals surface area (Å²) in [5.41, 5.74) is 3.43. The summed E-state index contributed by atoms with van der Waals surface area (Å²) in [6.45, 7) is 4.11. The van der Waals surface area contributed by atoms with Crippen molar-refractivity contribution >= 4 is 22.8 Å². The minimum Gasteiger partial charge on any atom is -0.350 e. The molecule has 4 aromatic rings. The maximum absolute atomic E-state index is 12.5. The summed E-state index contributed by atoms with van der Waals surface area (Å²) in [6, 6.07) is 10.7. The molecule has 152 valence electrons. The second-order valence-corrected chi connectivity index (χ2v) is 7.10. The molecule has 4 rings (SSSR count). The number of benzene rings is 1. The predicted molar refractivity (Wildman–Crippen MR) is 112 cm³/mol. The standard InChI is InChI=1S/C21H21N7O2/c1-12(2)25-21(30)15-11-24-28-18(15)19-26-16-7-6-13(9-17(16)27-19)20(29)23-10-14-5-3-4-8-22-14/h3-9,11-12H,10H2,1-2H3,(H,23,29)(H,24,28)(H,25,30)(H,26,27). The van der Waals surface area contributed by atoms with Crippen LogP contribution in [0.3, 0.4) is 0 Å². The topological polar surface area (TPSA) is 128 Å². The fraction of sp³-hybridized carbons (Fsp3) is 0.190. The van der Waals surface area contributed by atoms with E-state index in [-0.39, 0.29) is 17.9 Å². The van der Waals surface area contributed by atoms with Gasteiger partial charge in [0.25, 0.3) is 11.8 Å². The van der Waals surface area contributed by atoms with Gasteiger partial charge in [-0.05, 0) is 44.2 Å².